The molecule has 18 heavy (non-hydrogen) atoms. The predicted molar refractivity (Wildman–Crippen MR) is 72.5 cm³/mol. The SMILES string of the molecule is Cc1c(C)c2c(c(C)c1O)CCC(C)(C(=O)O)S2. The minimum atomic E-state index is -0.763. The number of benzene rings is 1. The van der Waals surface area contributed by atoms with Crippen molar-refractivity contribution in [3.05, 3.63) is 22.3 Å². The minimum Gasteiger partial charge on any atom is -0.507 e. The fourth-order valence-electron chi connectivity index (χ4n) is 2.40. The lowest BCUT2D eigenvalue weighted by Crippen LogP contribution is -2.34. The maximum absolute atomic E-state index is 11.4. The van der Waals surface area contributed by atoms with Gasteiger partial charge in [-0.15, -0.1) is 11.8 Å². The van der Waals surface area contributed by atoms with Gasteiger partial charge in [-0.2, -0.15) is 0 Å². The van der Waals surface area contributed by atoms with Crippen LogP contribution < -0.4 is 0 Å². The molecule has 0 bridgehead atoms. The molecule has 0 saturated heterocycles. The van der Waals surface area contributed by atoms with Crippen LogP contribution in [0.3, 0.4) is 0 Å². The molecule has 0 amide bonds. The first-order valence-electron chi connectivity index (χ1n) is 6.02. The summed E-state index contributed by atoms with van der Waals surface area (Å²) >= 11 is 1.42. The Hall–Kier alpha value is -1.16. The monoisotopic (exact) mass is 266 g/mol. The van der Waals surface area contributed by atoms with Gasteiger partial charge in [-0.05, 0) is 62.8 Å². The summed E-state index contributed by atoms with van der Waals surface area (Å²) in [6.45, 7) is 7.52. The molecule has 1 aromatic carbocycles. The van der Waals surface area contributed by atoms with Gasteiger partial charge in [0.2, 0.25) is 0 Å². The number of fused-ring (bicyclic) bond motifs is 1. The van der Waals surface area contributed by atoms with Crippen molar-refractivity contribution in [2.45, 2.75) is 50.2 Å². The number of aromatic hydroxyl groups is 1. The van der Waals surface area contributed by atoms with Crippen molar-refractivity contribution in [1.29, 1.82) is 0 Å². The molecule has 2 rings (SSSR count). The molecule has 1 unspecified atom stereocenters. The number of phenolic OH excluding ortho intramolecular Hbond substituents is 1. The number of carboxylic acids is 1. The molecule has 0 radical (unpaired) electrons. The van der Waals surface area contributed by atoms with Crippen molar-refractivity contribution < 1.29 is 15.0 Å². The summed E-state index contributed by atoms with van der Waals surface area (Å²) in [5, 5.41) is 19.4. The van der Waals surface area contributed by atoms with E-state index in [1.165, 1.54) is 11.8 Å². The second-order valence-electron chi connectivity index (χ2n) is 5.17. The number of thioether (sulfide) groups is 1. The normalized spacial score (nSPS) is 22.7. The van der Waals surface area contributed by atoms with E-state index in [1.807, 2.05) is 20.8 Å². The molecule has 1 aromatic rings. The first-order valence-corrected chi connectivity index (χ1v) is 6.83. The first kappa shape index (κ1) is 13.3. The highest BCUT2D eigenvalue weighted by atomic mass is 32.2. The van der Waals surface area contributed by atoms with E-state index in [1.54, 1.807) is 6.92 Å². The topological polar surface area (TPSA) is 57.5 Å². The Morgan fingerprint density at radius 3 is 2.39 bits per heavy atom. The fraction of sp³-hybridized carbons (Fsp3) is 0.500. The summed E-state index contributed by atoms with van der Waals surface area (Å²) in [6.07, 6.45) is 1.31. The lowest BCUT2D eigenvalue weighted by molar-refractivity contribution is -0.139. The zero-order valence-electron chi connectivity index (χ0n) is 11.1. The molecule has 0 spiro atoms. The van der Waals surface area contributed by atoms with Crippen LogP contribution in [-0.2, 0) is 11.2 Å². The van der Waals surface area contributed by atoms with Gasteiger partial charge in [0.25, 0.3) is 0 Å². The molecule has 0 aromatic heterocycles. The van der Waals surface area contributed by atoms with Crippen molar-refractivity contribution in [2.24, 2.45) is 0 Å². The Bertz CT molecular complexity index is 537. The number of carboxylic acid groups (broad SMARTS) is 1. The van der Waals surface area contributed by atoms with Crippen LogP contribution in [0.25, 0.3) is 0 Å². The minimum absolute atomic E-state index is 0.353. The second-order valence-corrected chi connectivity index (χ2v) is 6.68. The van der Waals surface area contributed by atoms with E-state index < -0.39 is 10.7 Å². The van der Waals surface area contributed by atoms with Crippen LogP contribution in [0, 0.1) is 20.8 Å². The van der Waals surface area contributed by atoms with E-state index in [0.717, 1.165) is 27.1 Å². The maximum Gasteiger partial charge on any atom is 0.319 e. The summed E-state index contributed by atoms with van der Waals surface area (Å²) < 4.78 is -0.756. The molecule has 0 saturated carbocycles. The number of phenols is 1. The number of aliphatic carboxylic acids is 1. The third-order valence-corrected chi connectivity index (χ3v) is 5.56. The molecule has 1 atom stereocenters. The molecule has 4 heteroatoms. The van der Waals surface area contributed by atoms with Gasteiger partial charge >= 0.3 is 5.97 Å². The van der Waals surface area contributed by atoms with E-state index in [-0.39, 0.29) is 0 Å². The Balaban J connectivity index is 2.61. The van der Waals surface area contributed by atoms with Crippen LogP contribution in [0.5, 0.6) is 5.75 Å². The van der Waals surface area contributed by atoms with Crippen molar-refractivity contribution in [3.8, 4) is 5.75 Å². The van der Waals surface area contributed by atoms with Gasteiger partial charge in [-0.3, -0.25) is 4.79 Å². The van der Waals surface area contributed by atoms with Gasteiger partial charge in [-0.25, -0.2) is 0 Å². The summed E-state index contributed by atoms with van der Waals surface area (Å²) in [5.41, 5.74) is 3.87. The van der Waals surface area contributed by atoms with Crippen LogP contribution in [0.15, 0.2) is 4.90 Å². The molecule has 98 valence electrons. The molecule has 3 nitrogen and oxygen atoms in total. The Labute approximate surface area is 111 Å². The van der Waals surface area contributed by atoms with Gasteiger partial charge in [0.15, 0.2) is 0 Å². The van der Waals surface area contributed by atoms with Crippen molar-refractivity contribution >= 4 is 17.7 Å². The molecule has 1 aliphatic rings. The van der Waals surface area contributed by atoms with Crippen LogP contribution in [-0.4, -0.2) is 20.9 Å². The number of hydrogen-bond acceptors (Lipinski definition) is 3. The van der Waals surface area contributed by atoms with Crippen LogP contribution in [0.4, 0.5) is 0 Å². The first-order chi connectivity index (χ1) is 8.28. The highest BCUT2D eigenvalue weighted by molar-refractivity contribution is 8.01. The van der Waals surface area contributed by atoms with E-state index >= 15 is 0 Å². The summed E-state index contributed by atoms with van der Waals surface area (Å²) in [6, 6.07) is 0. The summed E-state index contributed by atoms with van der Waals surface area (Å²) in [7, 11) is 0. The predicted octanol–water partition coefficient (Wildman–Crippen LogP) is 3.20. The molecule has 0 aliphatic carbocycles. The maximum atomic E-state index is 11.4. The average molecular weight is 266 g/mol. The van der Waals surface area contributed by atoms with Gasteiger partial charge < -0.3 is 10.2 Å². The van der Waals surface area contributed by atoms with E-state index in [0.29, 0.717) is 18.6 Å². The van der Waals surface area contributed by atoms with Crippen molar-refractivity contribution in [2.75, 3.05) is 0 Å². The quantitative estimate of drug-likeness (QED) is 0.819. The summed E-state index contributed by atoms with van der Waals surface area (Å²) in [5.74, 6) is -0.410. The lowest BCUT2D eigenvalue weighted by atomic mass is 9.92. The highest BCUT2D eigenvalue weighted by Gasteiger charge is 2.39. The largest absolute Gasteiger partial charge is 0.507 e. The number of carbonyl (C=O) groups is 1. The molecular formula is C14H18O3S. The lowest BCUT2D eigenvalue weighted by Gasteiger charge is -2.33. The Morgan fingerprint density at radius 2 is 1.83 bits per heavy atom. The average Bonchev–Trinajstić information content (AvgIpc) is 2.33. The molecule has 1 aliphatic heterocycles. The number of hydrogen-bond donors (Lipinski definition) is 2. The van der Waals surface area contributed by atoms with Gasteiger partial charge in [0.1, 0.15) is 10.5 Å². The van der Waals surface area contributed by atoms with Crippen molar-refractivity contribution in [3.63, 3.8) is 0 Å². The zero-order valence-corrected chi connectivity index (χ0v) is 11.9. The molecule has 1 heterocycles. The van der Waals surface area contributed by atoms with Gasteiger partial charge in [0, 0.05) is 4.90 Å². The van der Waals surface area contributed by atoms with Crippen molar-refractivity contribution in [1.82, 2.24) is 0 Å². The third-order valence-electron chi connectivity index (χ3n) is 3.97. The van der Waals surface area contributed by atoms with Crippen LogP contribution in [0.2, 0.25) is 0 Å². The second kappa shape index (κ2) is 4.19. The van der Waals surface area contributed by atoms with Crippen LogP contribution >= 0.6 is 11.8 Å². The van der Waals surface area contributed by atoms with Crippen LogP contribution in [0.1, 0.15) is 35.6 Å². The standard InChI is InChI=1S/C14H18O3S/c1-7-8(2)12-10(9(3)11(7)15)5-6-14(4,18-12)13(16)17/h15H,5-6H2,1-4H3,(H,16,17). The number of rotatable bonds is 1. The Morgan fingerprint density at radius 1 is 1.22 bits per heavy atom. The van der Waals surface area contributed by atoms with E-state index in [2.05, 4.69) is 0 Å². The van der Waals surface area contributed by atoms with E-state index in [4.69, 9.17) is 0 Å². The Kier molecular flexibility index (Phi) is 3.09. The van der Waals surface area contributed by atoms with Gasteiger partial charge in [0.05, 0.1) is 0 Å². The van der Waals surface area contributed by atoms with Gasteiger partial charge in [-0.1, -0.05) is 0 Å². The molecule has 0 fully saturated rings. The zero-order chi connectivity index (χ0) is 13.7. The van der Waals surface area contributed by atoms with E-state index in [9.17, 15) is 15.0 Å². The molecule has 2 N–H and O–H groups in total. The third kappa shape index (κ3) is 1.79. The fourth-order valence-corrected chi connectivity index (χ4v) is 3.82. The molecular weight excluding hydrogens is 248 g/mol. The highest BCUT2D eigenvalue weighted by Crippen LogP contribution is 2.48. The summed E-state index contributed by atoms with van der Waals surface area (Å²) in [4.78, 5) is 12.4. The smallest absolute Gasteiger partial charge is 0.319 e.